The van der Waals surface area contributed by atoms with Crippen molar-refractivity contribution in [2.45, 2.75) is 6.54 Å². The number of nitrogens with zero attached hydrogens (tertiary/aromatic N) is 1. The first-order valence-electron chi connectivity index (χ1n) is 4.85. The smallest absolute Gasteiger partial charge is 0.146 e. The van der Waals surface area contributed by atoms with Gasteiger partial charge in [0.25, 0.3) is 0 Å². The first-order valence-corrected chi connectivity index (χ1v) is 5.23. The molecule has 0 fully saturated rings. The molecule has 1 aromatic carbocycles. The van der Waals surface area contributed by atoms with Gasteiger partial charge in [-0.2, -0.15) is 0 Å². The van der Waals surface area contributed by atoms with Crippen LogP contribution in [0.1, 0.15) is 5.56 Å². The van der Waals surface area contributed by atoms with Gasteiger partial charge in [-0.05, 0) is 35.9 Å². The first-order chi connectivity index (χ1) is 7.78. The lowest BCUT2D eigenvalue weighted by Crippen LogP contribution is -1.97. The van der Waals surface area contributed by atoms with Gasteiger partial charge in [-0.3, -0.25) is 4.98 Å². The normalized spacial score (nSPS) is 10.1. The molecule has 1 heterocycles. The maximum atomic E-state index is 5.78. The van der Waals surface area contributed by atoms with Crippen LogP contribution in [0, 0.1) is 0 Å². The summed E-state index contributed by atoms with van der Waals surface area (Å²) in [4.78, 5) is 4.04. The molecule has 2 rings (SSSR count). The fourth-order valence-corrected chi connectivity index (χ4v) is 1.40. The van der Waals surface area contributed by atoms with Crippen molar-refractivity contribution in [3.63, 3.8) is 0 Å². The summed E-state index contributed by atoms with van der Waals surface area (Å²) in [6.07, 6.45) is 3.36. The Balaban J connectivity index is 2.16. The Morgan fingerprint density at radius 2 is 1.88 bits per heavy atom. The van der Waals surface area contributed by atoms with E-state index in [1.54, 1.807) is 36.7 Å². The minimum absolute atomic E-state index is 0.449. The van der Waals surface area contributed by atoms with E-state index < -0.39 is 0 Å². The highest BCUT2D eigenvalue weighted by Gasteiger charge is 1.99. The summed E-state index contributed by atoms with van der Waals surface area (Å²) in [7, 11) is 0. The Kier molecular flexibility index (Phi) is 3.39. The van der Waals surface area contributed by atoms with E-state index in [9.17, 15) is 0 Å². The number of aromatic nitrogens is 1. The number of benzene rings is 1. The number of ether oxygens (including phenoxy) is 1. The van der Waals surface area contributed by atoms with Gasteiger partial charge < -0.3 is 10.5 Å². The minimum atomic E-state index is 0.449. The van der Waals surface area contributed by atoms with E-state index >= 15 is 0 Å². The Labute approximate surface area is 98.8 Å². The zero-order valence-electron chi connectivity index (χ0n) is 8.56. The Morgan fingerprint density at radius 1 is 1.12 bits per heavy atom. The summed E-state index contributed by atoms with van der Waals surface area (Å²) in [6, 6.07) is 9.02. The Bertz CT molecular complexity index is 471. The van der Waals surface area contributed by atoms with Crippen LogP contribution in [0.25, 0.3) is 0 Å². The molecule has 4 heteroatoms. The van der Waals surface area contributed by atoms with E-state index in [1.165, 1.54) is 0 Å². The van der Waals surface area contributed by atoms with Gasteiger partial charge in [0.2, 0.25) is 0 Å². The zero-order chi connectivity index (χ0) is 11.4. The molecule has 0 aliphatic heterocycles. The van der Waals surface area contributed by atoms with E-state index in [0.29, 0.717) is 17.3 Å². The Hall–Kier alpha value is -1.58. The summed E-state index contributed by atoms with van der Waals surface area (Å²) in [5.74, 6) is 1.39. The van der Waals surface area contributed by atoms with Gasteiger partial charge in [0.15, 0.2) is 0 Å². The molecule has 0 saturated heterocycles. The number of pyridine rings is 1. The molecule has 2 N–H and O–H groups in total. The molecule has 0 aliphatic rings. The van der Waals surface area contributed by atoms with Crippen molar-refractivity contribution in [2.24, 2.45) is 5.73 Å². The second-order valence-electron chi connectivity index (χ2n) is 3.29. The summed E-state index contributed by atoms with van der Waals surface area (Å²) in [6.45, 7) is 0.449. The van der Waals surface area contributed by atoms with Gasteiger partial charge in [0.1, 0.15) is 11.5 Å². The summed E-state index contributed by atoms with van der Waals surface area (Å²) in [5.41, 5.74) is 6.46. The molecule has 16 heavy (non-hydrogen) atoms. The molecule has 0 atom stereocenters. The van der Waals surface area contributed by atoms with Crippen LogP contribution in [0.15, 0.2) is 42.7 Å². The van der Waals surface area contributed by atoms with E-state index in [2.05, 4.69) is 4.98 Å². The molecule has 0 saturated carbocycles. The minimum Gasteiger partial charge on any atom is -0.456 e. The molecule has 82 valence electrons. The number of halogens is 1. The van der Waals surface area contributed by atoms with Crippen LogP contribution in [-0.4, -0.2) is 4.98 Å². The molecule has 0 unspecified atom stereocenters. The molecular weight excluding hydrogens is 224 g/mol. The fraction of sp³-hybridized carbons (Fsp3) is 0.0833. The summed E-state index contributed by atoms with van der Waals surface area (Å²) in [5, 5.41) is 0.682. The Morgan fingerprint density at radius 3 is 2.56 bits per heavy atom. The zero-order valence-corrected chi connectivity index (χ0v) is 9.32. The molecular formula is C12H11ClN2O. The van der Waals surface area contributed by atoms with E-state index in [0.717, 1.165) is 11.3 Å². The van der Waals surface area contributed by atoms with Gasteiger partial charge in [-0.25, -0.2) is 0 Å². The number of hydrogen-bond acceptors (Lipinski definition) is 3. The molecule has 0 radical (unpaired) electrons. The number of nitrogens with two attached hydrogens (primary N) is 1. The maximum absolute atomic E-state index is 5.78. The number of rotatable bonds is 3. The molecule has 0 spiro atoms. The van der Waals surface area contributed by atoms with Crippen LogP contribution in [0.2, 0.25) is 5.02 Å². The average molecular weight is 235 g/mol. The second kappa shape index (κ2) is 4.96. The monoisotopic (exact) mass is 234 g/mol. The summed E-state index contributed by atoms with van der Waals surface area (Å²) >= 11 is 5.78. The third-order valence-corrected chi connectivity index (χ3v) is 2.31. The van der Waals surface area contributed by atoms with Crippen LogP contribution < -0.4 is 10.5 Å². The van der Waals surface area contributed by atoms with Crippen molar-refractivity contribution in [3.05, 3.63) is 53.3 Å². The largest absolute Gasteiger partial charge is 0.456 e. The van der Waals surface area contributed by atoms with Gasteiger partial charge in [-0.1, -0.05) is 11.6 Å². The highest BCUT2D eigenvalue weighted by atomic mass is 35.5. The third kappa shape index (κ3) is 2.72. The predicted molar refractivity (Wildman–Crippen MR) is 63.7 cm³/mol. The van der Waals surface area contributed by atoms with Crippen LogP contribution in [0.4, 0.5) is 0 Å². The highest BCUT2D eigenvalue weighted by Crippen LogP contribution is 2.22. The van der Waals surface area contributed by atoms with Crippen molar-refractivity contribution in [3.8, 4) is 11.5 Å². The second-order valence-corrected chi connectivity index (χ2v) is 3.73. The van der Waals surface area contributed by atoms with Crippen LogP contribution in [0.3, 0.4) is 0 Å². The third-order valence-electron chi connectivity index (χ3n) is 2.05. The SMILES string of the molecule is NCc1cncc(Oc2ccc(Cl)cc2)c1. The fourth-order valence-electron chi connectivity index (χ4n) is 1.27. The van der Waals surface area contributed by atoms with Crippen molar-refractivity contribution in [1.29, 1.82) is 0 Å². The van der Waals surface area contributed by atoms with E-state index in [4.69, 9.17) is 22.1 Å². The molecule has 0 bridgehead atoms. The van der Waals surface area contributed by atoms with Crippen LogP contribution in [-0.2, 0) is 6.54 Å². The standard InChI is InChI=1S/C12H11ClN2O/c13-10-1-3-11(4-2-10)16-12-5-9(6-14)7-15-8-12/h1-5,7-8H,6,14H2. The topological polar surface area (TPSA) is 48.1 Å². The molecule has 0 amide bonds. The van der Waals surface area contributed by atoms with Crippen molar-refractivity contribution < 1.29 is 4.74 Å². The molecule has 1 aromatic heterocycles. The molecule has 0 aliphatic carbocycles. The highest BCUT2D eigenvalue weighted by molar-refractivity contribution is 6.30. The van der Waals surface area contributed by atoms with Gasteiger partial charge in [0, 0.05) is 17.8 Å². The lowest BCUT2D eigenvalue weighted by molar-refractivity contribution is 0.479. The lowest BCUT2D eigenvalue weighted by atomic mass is 10.3. The van der Waals surface area contributed by atoms with Gasteiger partial charge >= 0.3 is 0 Å². The van der Waals surface area contributed by atoms with Gasteiger partial charge in [0.05, 0.1) is 6.20 Å². The van der Waals surface area contributed by atoms with Gasteiger partial charge in [-0.15, -0.1) is 0 Å². The predicted octanol–water partition coefficient (Wildman–Crippen LogP) is 2.99. The van der Waals surface area contributed by atoms with Crippen molar-refractivity contribution in [2.75, 3.05) is 0 Å². The van der Waals surface area contributed by atoms with E-state index in [-0.39, 0.29) is 0 Å². The average Bonchev–Trinajstić information content (AvgIpc) is 2.32. The number of hydrogen-bond donors (Lipinski definition) is 1. The van der Waals surface area contributed by atoms with Crippen LogP contribution in [0.5, 0.6) is 11.5 Å². The van der Waals surface area contributed by atoms with Crippen LogP contribution >= 0.6 is 11.6 Å². The van der Waals surface area contributed by atoms with E-state index in [1.807, 2.05) is 6.07 Å². The summed E-state index contributed by atoms with van der Waals surface area (Å²) < 4.78 is 5.60. The van der Waals surface area contributed by atoms with Crippen molar-refractivity contribution in [1.82, 2.24) is 4.98 Å². The van der Waals surface area contributed by atoms with Crippen molar-refractivity contribution >= 4 is 11.6 Å². The quantitative estimate of drug-likeness (QED) is 0.888. The maximum Gasteiger partial charge on any atom is 0.146 e. The first kappa shape index (κ1) is 10.9. The molecule has 3 nitrogen and oxygen atoms in total. The molecule has 2 aromatic rings. The lowest BCUT2D eigenvalue weighted by Gasteiger charge is -2.06.